The molecule has 27 heavy (non-hydrogen) atoms. The van der Waals surface area contributed by atoms with Gasteiger partial charge in [0.1, 0.15) is 5.82 Å². The lowest BCUT2D eigenvalue weighted by molar-refractivity contribution is -0.118. The van der Waals surface area contributed by atoms with E-state index in [1.165, 1.54) is 23.9 Å². The molecule has 0 radical (unpaired) electrons. The molecule has 0 atom stereocenters. The van der Waals surface area contributed by atoms with Gasteiger partial charge in [-0.15, -0.1) is 10.2 Å². The van der Waals surface area contributed by atoms with Gasteiger partial charge in [0.25, 0.3) is 0 Å². The number of aromatic nitrogens is 3. The largest absolute Gasteiger partial charge is 0.351 e. The van der Waals surface area contributed by atoms with Gasteiger partial charge in [-0.2, -0.15) is 0 Å². The normalized spacial score (nSPS) is 10.8. The van der Waals surface area contributed by atoms with Crippen molar-refractivity contribution in [3.63, 3.8) is 0 Å². The highest BCUT2D eigenvalue weighted by Crippen LogP contribution is 2.26. The summed E-state index contributed by atoms with van der Waals surface area (Å²) >= 11 is 1.34. The third-order valence-corrected chi connectivity index (χ3v) is 5.10. The Labute approximate surface area is 162 Å². The van der Waals surface area contributed by atoms with E-state index in [1.54, 1.807) is 12.1 Å². The highest BCUT2D eigenvalue weighted by atomic mass is 32.2. The van der Waals surface area contributed by atoms with Crippen LogP contribution in [0.3, 0.4) is 0 Å². The van der Waals surface area contributed by atoms with E-state index in [0.29, 0.717) is 18.2 Å². The predicted octanol–water partition coefficient (Wildman–Crippen LogP) is 3.82. The fourth-order valence-electron chi connectivity index (χ4n) is 2.73. The zero-order chi connectivity index (χ0) is 19.2. The van der Waals surface area contributed by atoms with E-state index < -0.39 is 0 Å². The highest BCUT2D eigenvalue weighted by Gasteiger charge is 2.15. The Kier molecular flexibility index (Phi) is 6.24. The van der Waals surface area contributed by atoms with Crippen LogP contribution < -0.4 is 5.32 Å². The minimum absolute atomic E-state index is 0.132. The first-order valence-corrected chi connectivity index (χ1v) is 9.70. The number of carbonyl (C=O) groups is 1. The minimum atomic E-state index is -0.309. The molecule has 0 aliphatic carbocycles. The van der Waals surface area contributed by atoms with Gasteiger partial charge in [0.15, 0.2) is 11.0 Å². The van der Waals surface area contributed by atoms with E-state index >= 15 is 0 Å². The van der Waals surface area contributed by atoms with Crippen molar-refractivity contribution < 1.29 is 9.18 Å². The zero-order valence-corrected chi connectivity index (χ0v) is 16.1. The van der Waals surface area contributed by atoms with Crippen LogP contribution in [0.1, 0.15) is 18.1 Å². The number of thioether (sulfide) groups is 1. The molecule has 1 N–H and O–H groups in total. The summed E-state index contributed by atoms with van der Waals surface area (Å²) in [6.45, 7) is 5.08. The molecule has 1 heterocycles. The summed E-state index contributed by atoms with van der Waals surface area (Å²) < 4.78 is 15.2. The van der Waals surface area contributed by atoms with Crippen molar-refractivity contribution in [2.45, 2.75) is 32.1 Å². The number of hydrogen-bond donors (Lipinski definition) is 1. The molecule has 3 rings (SSSR count). The molecule has 2 aromatic carbocycles. The van der Waals surface area contributed by atoms with E-state index in [1.807, 2.05) is 42.7 Å². The molecule has 0 saturated heterocycles. The Balaban J connectivity index is 1.63. The second kappa shape index (κ2) is 8.81. The number of nitrogens with one attached hydrogen (secondary N) is 1. The molecule has 5 nitrogen and oxygen atoms in total. The van der Waals surface area contributed by atoms with Crippen molar-refractivity contribution in [2.75, 3.05) is 5.75 Å². The third kappa shape index (κ3) is 4.74. The van der Waals surface area contributed by atoms with Crippen LogP contribution in [0.5, 0.6) is 0 Å². The van der Waals surface area contributed by atoms with E-state index in [2.05, 4.69) is 15.5 Å². The number of hydrogen-bond acceptors (Lipinski definition) is 4. The number of aryl methyl sites for hydroxylation is 1. The van der Waals surface area contributed by atoms with Crippen LogP contribution in [0.2, 0.25) is 0 Å². The van der Waals surface area contributed by atoms with Gasteiger partial charge in [-0.05, 0) is 37.1 Å². The molecular weight excluding hydrogens is 363 g/mol. The van der Waals surface area contributed by atoms with Gasteiger partial charge in [0.2, 0.25) is 5.91 Å². The summed E-state index contributed by atoms with van der Waals surface area (Å²) in [6, 6.07) is 14.2. The van der Waals surface area contributed by atoms with Crippen LogP contribution in [0.15, 0.2) is 53.7 Å². The molecular formula is C20H21FN4OS. The Bertz CT molecular complexity index is 941. The maximum absolute atomic E-state index is 13.2. The highest BCUT2D eigenvalue weighted by molar-refractivity contribution is 7.99. The molecule has 0 aliphatic heterocycles. The van der Waals surface area contributed by atoms with Gasteiger partial charge < -0.3 is 9.88 Å². The van der Waals surface area contributed by atoms with Crippen molar-refractivity contribution >= 4 is 17.7 Å². The number of amides is 1. The van der Waals surface area contributed by atoms with Crippen molar-refractivity contribution in [3.8, 4) is 11.4 Å². The topological polar surface area (TPSA) is 59.8 Å². The van der Waals surface area contributed by atoms with E-state index in [0.717, 1.165) is 22.5 Å². The number of nitrogens with zero attached hydrogens (tertiary/aromatic N) is 3. The SMILES string of the molecule is CCn1c(SCC(=O)NCc2cccc(F)c2)nnc1-c1ccccc1C. The molecule has 1 amide bonds. The average Bonchev–Trinajstić information content (AvgIpc) is 3.08. The van der Waals surface area contributed by atoms with E-state index in [4.69, 9.17) is 0 Å². The minimum Gasteiger partial charge on any atom is -0.351 e. The van der Waals surface area contributed by atoms with Crippen molar-refractivity contribution in [1.82, 2.24) is 20.1 Å². The summed E-state index contributed by atoms with van der Waals surface area (Å²) in [5.74, 6) is 0.586. The lowest BCUT2D eigenvalue weighted by Gasteiger charge is -2.09. The van der Waals surface area contributed by atoms with Gasteiger partial charge >= 0.3 is 0 Å². The Hall–Kier alpha value is -2.67. The van der Waals surface area contributed by atoms with Crippen LogP contribution in [-0.2, 0) is 17.9 Å². The molecule has 3 aromatic rings. The second-order valence-corrected chi connectivity index (χ2v) is 7.00. The Morgan fingerprint density at radius 3 is 2.74 bits per heavy atom. The van der Waals surface area contributed by atoms with Crippen molar-refractivity contribution in [2.24, 2.45) is 0 Å². The van der Waals surface area contributed by atoms with Gasteiger partial charge in [-0.3, -0.25) is 4.79 Å². The number of benzene rings is 2. The molecule has 0 spiro atoms. The van der Waals surface area contributed by atoms with Gasteiger partial charge in [0, 0.05) is 18.7 Å². The smallest absolute Gasteiger partial charge is 0.230 e. The lowest BCUT2D eigenvalue weighted by Crippen LogP contribution is -2.24. The van der Waals surface area contributed by atoms with Crippen LogP contribution in [0, 0.1) is 12.7 Å². The van der Waals surface area contributed by atoms with Gasteiger partial charge in [-0.1, -0.05) is 48.2 Å². The van der Waals surface area contributed by atoms with Crippen LogP contribution in [-0.4, -0.2) is 26.4 Å². The number of halogens is 1. The molecule has 1 aromatic heterocycles. The molecule has 0 aliphatic rings. The third-order valence-electron chi connectivity index (χ3n) is 4.13. The summed E-state index contributed by atoms with van der Waals surface area (Å²) in [4.78, 5) is 12.1. The first-order valence-electron chi connectivity index (χ1n) is 8.71. The Morgan fingerprint density at radius 2 is 2.00 bits per heavy atom. The summed E-state index contributed by atoms with van der Waals surface area (Å²) in [7, 11) is 0. The average molecular weight is 384 g/mol. The Morgan fingerprint density at radius 1 is 1.19 bits per heavy atom. The monoisotopic (exact) mass is 384 g/mol. The maximum atomic E-state index is 13.2. The molecule has 0 bridgehead atoms. The van der Waals surface area contributed by atoms with Gasteiger partial charge in [0.05, 0.1) is 5.75 Å². The van der Waals surface area contributed by atoms with Crippen molar-refractivity contribution in [3.05, 3.63) is 65.5 Å². The standard InChI is InChI=1S/C20H21FN4OS/c1-3-25-19(17-10-5-4-7-14(17)2)23-24-20(25)27-13-18(26)22-12-15-8-6-9-16(21)11-15/h4-11H,3,12-13H2,1-2H3,(H,22,26). The van der Waals surface area contributed by atoms with Crippen LogP contribution in [0.25, 0.3) is 11.4 Å². The molecule has 0 saturated carbocycles. The first-order chi connectivity index (χ1) is 13.1. The van der Waals surface area contributed by atoms with Crippen LogP contribution >= 0.6 is 11.8 Å². The summed E-state index contributed by atoms with van der Waals surface area (Å²) in [6.07, 6.45) is 0. The predicted molar refractivity (Wildman–Crippen MR) is 105 cm³/mol. The fourth-order valence-corrected chi connectivity index (χ4v) is 3.56. The second-order valence-electron chi connectivity index (χ2n) is 6.06. The maximum Gasteiger partial charge on any atom is 0.230 e. The fraction of sp³-hybridized carbons (Fsp3) is 0.250. The molecule has 0 fully saturated rings. The summed E-state index contributed by atoms with van der Waals surface area (Å²) in [5.41, 5.74) is 2.89. The molecule has 0 unspecified atom stereocenters. The quantitative estimate of drug-likeness (QED) is 0.629. The lowest BCUT2D eigenvalue weighted by atomic mass is 10.1. The number of carbonyl (C=O) groups excluding carboxylic acids is 1. The molecule has 140 valence electrons. The number of rotatable bonds is 7. The zero-order valence-electron chi connectivity index (χ0n) is 15.3. The van der Waals surface area contributed by atoms with Crippen LogP contribution in [0.4, 0.5) is 4.39 Å². The first kappa shape index (κ1) is 19.1. The van der Waals surface area contributed by atoms with Crippen molar-refractivity contribution in [1.29, 1.82) is 0 Å². The van der Waals surface area contributed by atoms with E-state index in [9.17, 15) is 9.18 Å². The summed E-state index contributed by atoms with van der Waals surface area (Å²) in [5, 5.41) is 12.1. The van der Waals surface area contributed by atoms with Gasteiger partial charge in [-0.25, -0.2) is 4.39 Å². The van der Waals surface area contributed by atoms with E-state index in [-0.39, 0.29) is 17.5 Å². The molecule has 7 heteroatoms.